The van der Waals surface area contributed by atoms with Crippen molar-refractivity contribution in [2.24, 2.45) is 0 Å². The zero-order valence-electron chi connectivity index (χ0n) is 16.4. The number of para-hydroxylation sites is 1. The minimum absolute atomic E-state index is 0. The van der Waals surface area contributed by atoms with Crippen LogP contribution in [0.25, 0.3) is 0 Å². The van der Waals surface area contributed by atoms with Crippen molar-refractivity contribution in [1.82, 2.24) is 0 Å². The molecule has 0 saturated carbocycles. The third-order valence-electron chi connectivity index (χ3n) is 3.64. The Morgan fingerprint density at radius 3 is 1.11 bits per heavy atom. The number of phosphoric acid groups is 1. The van der Waals surface area contributed by atoms with Crippen LogP contribution in [-0.4, -0.2) is 140 Å². The van der Waals surface area contributed by atoms with Crippen LogP contribution in [0, 0.1) is 0 Å². The molecule has 0 heterocycles. The van der Waals surface area contributed by atoms with E-state index in [1.165, 1.54) is 12.1 Å². The summed E-state index contributed by atoms with van der Waals surface area (Å²) < 4.78 is 92.1. The van der Waals surface area contributed by atoms with E-state index in [0.717, 1.165) is 48.5 Å². The van der Waals surface area contributed by atoms with Crippen LogP contribution in [0.3, 0.4) is 0 Å². The topological polar surface area (TPSA) is 216 Å². The molecular weight excluding hydrogens is 581 g/mol. The summed E-state index contributed by atoms with van der Waals surface area (Å²) in [6.45, 7) is 0. The van der Waals surface area contributed by atoms with E-state index in [4.69, 9.17) is 22.7 Å². The van der Waals surface area contributed by atoms with Crippen molar-refractivity contribution in [3.8, 4) is 17.2 Å². The number of hydrogen-bond donors (Lipinski definition) is 2. The normalized spacial score (nSPS) is 10.8. The van der Waals surface area contributed by atoms with Crippen molar-refractivity contribution in [2.45, 2.75) is 9.79 Å². The first-order chi connectivity index (χ1) is 14.4. The van der Waals surface area contributed by atoms with Gasteiger partial charge in [0.2, 0.25) is 0 Å². The van der Waals surface area contributed by atoms with Crippen LogP contribution in [0.15, 0.2) is 88.7 Å². The molecule has 0 unspecified atom stereocenters. The van der Waals surface area contributed by atoms with Crippen molar-refractivity contribution in [3.05, 3.63) is 78.9 Å². The Morgan fingerprint density at radius 1 is 0.543 bits per heavy atom. The standard InChI is InChI=1S/C18H15O10PS2.2K.2H2O.2H/c19-29(26-14-4-2-1-3-5-14,27-15-6-10-17(11-7-15)30(20,21)22)28-16-8-12-18(13-9-16)31(23,24)25;;;;;;/h1-13H,(H,20,21,22)(H,23,24,25);;;2*1H2;;. The Hall–Kier alpha value is 0.303. The third-order valence-corrected chi connectivity index (χ3v) is 6.68. The van der Waals surface area contributed by atoms with Gasteiger partial charge in [0.15, 0.2) is 0 Å². The fourth-order valence-electron chi connectivity index (χ4n) is 2.27. The van der Waals surface area contributed by atoms with Gasteiger partial charge in [0, 0.05) is 0 Å². The van der Waals surface area contributed by atoms with Gasteiger partial charge in [0.1, 0.15) is 17.2 Å². The number of benzene rings is 3. The average Bonchev–Trinajstić information content (AvgIpc) is 2.68. The van der Waals surface area contributed by atoms with E-state index in [9.17, 15) is 21.4 Å². The Morgan fingerprint density at radius 2 is 0.829 bits per heavy atom. The van der Waals surface area contributed by atoms with E-state index in [0.29, 0.717) is 0 Å². The van der Waals surface area contributed by atoms with Crippen molar-refractivity contribution < 1.29 is 55.0 Å². The monoisotopic (exact) mass is 602 g/mol. The van der Waals surface area contributed by atoms with Gasteiger partial charge in [-0.15, -0.1) is 0 Å². The molecule has 184 valence electrons. The molecule has 35 heavy (non-hydrogen) atoms. The fourth-order valence-corrected chi connectivity index (χ4v) is 4.48. The first kappa shape index (κ1) is 37.5. The molecule has 3 aromatic rings. The van der Waals surface area contributed by atoms with E-state index in [1.807, 2.05) is 0 Å². The molecule has 0 aliphatic rings. The van der Waals surface area contributed by atoms with Crippen LogP contribution in [-0.2, 0) is 24.8 Å². The molecule has 0 bridgehead atoms. The van der Waals surface area contributed by atoms with Gasteiger partial charge < -0.3 is 24.5 Å². The van der Waals surface area contributed by atoms with Crippen LogP contribution in [0.2, 0.25) is 0 Å². The van der Waals surface area contributed by atoms with E-state index < -0.39 is 37.8 Å². The SMILES string of the molecule is O.O.O=P(Oc1ccccc1)(Oc1ccc(S(=O)(=O)O)cc1)Oc1ccc(S(=O)(=O)O)cc1.[KH].[KH]. The summed E-state index contributed by atoms with van der Waals surface area (Å²) in [4.78, 5) is -0.805. The summed E-state index contributed by atoms with van der Waals surface area (Å²) in [5, 5.41) is 0. The molecule has 0 aliphatic heterocycles. The molecule has 0 aromatic heterocycles. The molecule has 0 atom stereocenters. The van der Waals surface area contributed by atoms with Crippen LogP contribution in [0.5, 0.6) is 17.2 Å². The Balaban J connectivity index is 0. The van der Waals surface area contributed by atoms with E-state index >= 15 is 0 Å². The molecule has 0 fully saturated rings. The zero-order chi connectivity index (χ0) is 22.7. The number of phosphoric ester groups is 1. The molecule has 3 aromatic carbocycles. The molecular formula is C18H21K2O12PS2. The Kier molecular flexibility index (Phi) is 16.7. The maximum atomic E-state index is 13.3. The van der Waals surface area contributed by atoms with Gasteiger partial charge in [0.25, 0.3) is 20.2 Å². The second kappa shape index (κ2) is 15.7. The van der Waals surface area contributed by atoms with Crippen molar-refractivity contribution in [2.75, 3.05) is 0 Å². The molecule has 0 saturated heterocycles. The fraction of sp³-hybridized carbons (Fsp3) is 0. The van der Waals surface area contributed by atoms with E-state index in [-0.39, 0.29) is 131 Å². The quantitative estimate of drug-likeness (QED) is 0.211. The first-order valence-corrected chi connectivity index (χ1v) is 12.7. The molecule has 17 heteroatoms. The van der Waals surface area contributed by atoms with Crippen molar-refractivity contribution in [3.63, 3.8) is 0 Å². The summed E-state index contributed by atoms with van der Waals surface area (Å²) >= 11 is 0. The summed E-state index contributed by atoms with van der Waals surface area (Å²) in [6.07, 6.45) is 0. The Labute approximate surface area is 286 Å². The first-order valence-electron chi connectivity index (χ1n) is 8.34. The molecule has 12 nitrogen and oxygen atoms in total. The predicted molar refractivity (Wildman–Crippen MR) is 130 cm³/mol. The molecule has 0 spiro atoms. The number of rotatable bonds is 8. The average molecular weight is 603 g/mol. The summed E-state index contributed by atoms with van der Waals surface area (Å²) in [7, 11) is -13.3. The number of hydrogen-bond acceptors (Lipinski definition) is 8. The summed E-state index contributed by atoms with van der Waals surface area (Å²) in [5.41, 5.74) is 0. The van der Waals surface area contributed by atoms with Crippen LogP contribution >= 0.6 is 7.82 Å². The van der Waals surface area contributed by atoms with Gasteiger partial charge in [-0.05, 0) is 60.7 Å². The van der Waals surface area contributed by atoms with Crippen molar-refractivity contribution >= 4 is 131 Å². The Bertz CT molecular complexity index is 1240. The van der Waals surface area contributed by atoms with Gasteiger partial charge in [0.05, 0.1) is 9.79 Å². The summed E-state index contributed by atoms with van der Waals surface area (Å²) in [6, 6.07) is 16.5. The van der Waals surface area contributed by atoms with E-state index in [1.54, 1.807) is 18.2 Å². The summed E-state index contributed by atoms with van der Waals surface area (Å²) in [5.74, 6) is -0.0580. The molecule has 0 aliphatic carbocycles. The van der Waals surface area contributed by atoms with Gasteiger partial charge in [-0.25, -0.2) is 0 Å². The molecule has 6 N–H and O–H groups in total. The van der Waals surface area contributed by atoms with Crippen LogP contribution < -0.4 is 13.6 Å². The van der Waals surface area contributed by atoms with Gasteiger partial charge in [-0.1, -0.05) is 18.2 Å². The van der Waals surface area contributed by atoms with E-state index in [2.05, 4.69) is 0 Å². The third kappa shape index (κ3) is 11.7. The molecule has 0 radical (unpaired) electrons. The van der Waals surface area contributed by atoms with Crippen molar-refractivity contribution in [1.29, 1.82) is 0 Å². The van der Waals surface area contributed by atoms with Gasteiger partial charge in [-0.3, -0.25) is 9.11 Å². The second-order valence-corrected chi connectivity index (χ2v) is 10.2. The minimum atomic E-state index is -4.43. The molecule has 3 rings (SSSR count). The van der Waals surface area contributed by atoms with Gasteiger partial charge >= 0.3 is 111 Å². The van der Waals surface area contributed by atoms with Crippen LogP contribution in [0.4, 0.5) is 0 Å². The molecule has 0 amide bonds. The van der Waals surface area contributed by atoms with Crippen LogP contribution in [0.1, 0.15) is 0 Å². The zero-order valence-corrected chi connectivity index (χ0v) is 19.0. The predicted octanol–water partition coefficient (Wildman–Crippen LogP) is 0.879. The van der Waals surface area contributed by atoms with Gasteiger partial charge in [-0.2, -0.15) is 21.4 Å². The maximum absolute atomic E-state index is 13.3. The second-order valence-electron chi connectivity index (χ2n) is 5.93.